The third kappa shape index (κ3) is 5.01. The number of hydrogen-bond donors (Lipinski definition) is 1. The molecule has 2 amide bonds. The van der Waals surface area contributed by atoms with Crippen molar-refractivity contribution < 1.29 is 19.0 Å². The molecule has 0 radical (unpaired) electrons. The summed E-state index contributed by atoms with van der Waals surface area (Å²) < 4.78 is 16.4. The summed E-state index contributed by atoms with van der Waals surface area (Å²) in [5, 5.41) is 3.18. The third-order valence-electron chi connectivity index (χ3n) is 6.92. The van der Waals surface area contributed by atoms with E-state index in [0.29, 0.717) is 24.9 Å². The number of rotatable bonds is 6. The van der Waals surface area contributed by atoms with Crippen LogP contribution in [0.15, 0.2) is 18.2 Å². The molecule has 1 aromatic rings. The molecule has 0 spiro atoms. The molecule has 0 bridgehead atoms. The van der Waals surface area contributed by atoms with E-state index < -0.39 is 0 Å². The first-order valence-corrected chi connectivity index (χ1v) is 11.3. The average molecular weight is 418 g/mol. The molecule has 2 aliphatic heterocycles. The molecular formula is C23H35N3O4. The van der Waals surface area contributed by atoms with Gasteiger partial charge in [0.15, 0.2) is 11.5 Å². The Balaban J connectivity index is 1.43. The number of hydrogen-bond acceptors (Lipinski definition) is 5. The van der Waals surface area contributed by atoms with Crippen LogP contribution in [0.1, 0.15) is 38.7 Å². The molecule has 1 N–H and O–H groups in total. The van der Waals surface area contributed by atoms with Crippen LogP contribution in [0.2, 0.25) is 0 Å². The monoisotopic (exact) mass is 417 g/mol. The Bertz CT molecular complexity index is 722. The minimum Gasteiger partial charge on any atom is -0.454 e. The molecule has 166 valence electrons. The molecule has 4 rings (SSSR count). The van der Waals surface area contributed by atoms with Gasteiger partial charge in [0.25, 0.3) is 0 Å². The van der Waals surface area contributed by atoms with Crippen LogP contribution in [-0.2, 0) is 11.3 Å². The molecule has 1 saturated heterocycles. The van der Waals surface area contributed by atoms with Gasteiger partial charge in [-0.25, -0.2) is 4.79 Å². The second-order valence-corrected chi connectivity index (χ2v) is 8.84. The summed E-state index contributed by atoms with van der Waals surface area (Å²) in [6.45, 7) is 10.4. The summed E-state index contributed by atoms with van der Waals surface area (Å²) >= 11 is 0. The largest absolute Gasteiger partial charge is 0.454 e. The number of fused-ring (bicyclic) bond motifs is 1. The van der Waals surface area contributed by atoms with Crippen LogP contribution < -0.4 is 14.8 Å². The van der Waals surface area contributed by atoms with Crippen LogP contribution in [-0.4, -0.2) is 68.1 Å². The Morgan fingerprint density at radius 2 is 1.97 bits per heavy atom. The number of nitrogens with one attached hydrogen (secondary N) is 1. The average Bonchev–Trinajstić information content (AvgIpc) is 3.23. The maximum absolute atomic E-state index is 13.3. The van der Waals surface area contributed by atoms with Crippen molar-refractivity contribution in [2.75, 3.05) is 46.2 Å². The quantitative estimate of drug-likeness (QED) is 0.771. The topological polar surface area (TPSA) is 63.3 Å². The third-order valence-corrected chi connectivity index (χ3v) is 6.92. The second kappa shape index (κ2) is 9.88. The molecule has 30 heavy (non-hydrogen) atoms. The Morgan fingerprint density at radius 1 is 1.17 bits per heavy atom. The van der Waals surface area contributed by atoms with Crippen molar-refractivity contribution in [3.05, 3.63) is 23.8 Å². The Morgan fingerprint density at radius 3 is 2.80 bits per heavy atom. The number of carbonyl (C=O) groups excluding carboxylic acids is 1. The van der Waals surface area contributed by atoms with Gasteiger partial charge in [0.2, 0.25) is 6.79 Å². The maximum Gasteiger partial charge on any atom is 0.318 e. The van der Waals surface area contributed by atoms with Gasteiger partial charge in [-0.2, -0.15) is 0 Å². The van der Waals surface area contributed by atoms with Crippen molar-refractivity contribution in [1.82, 2.24) is 15.1 Å². The van der Waals surface area contributed by atoms with Crippen molar-refractivity contribution in [3.8, 4) is 11.5 Å². The fraction of sp³-hybridized carbons (Fsp3) is 0.696. The lowest BCUT2D eigenvalue weighted by Gasteiger charge is -2.41. The van der Waals surface area contributed by atoms with Gasteiger partial charge in [-0.1, -0.05) is 32.8 Å². The highest BCUT2D eigenvalue weighted by Crippen LogP contribution is 2.36. The Kier molecular flexibility index (Phi) is 7.00. The summed E-state index contributed by atoms with van der Waals surface area (Å²) in [7, 11) is 0. The second-order valence-electron chi connectivity index (χ2n) is 8.84. The highest BCUT2D eigenvalue weighted by atomic mass is 16.7. The van der Waals surface area contributed by atoms with Gasteiger partial charge >= 0.3 is 6.03 Å². The zero-order valence-corrected chi connectivity index (χ0v) is 18.3. The summed E-state index contributed by atoms with van der Waals surface area (Å²) in [6.07, 6.45) is 3.48. The normalized spacial score (nSPS) is 26.4. The van der Waals surface area contributed by atoms with Gasteiger partial charge < -0.3 is 24.4 Å². The van der Waals surface area contributed by atoms with Crippen LogP contribution in [0.4, 0.5) is 4.79 Å². The lowest BCUT2D eigenvalue weighted by Crippen LogP contribution is -2.52. The van der Waals surface area contributed by atoms with Crippen molar-refractivity contribution >= 4 is 6.03 Å². The molecule has 1 aliphatic carbocycles. The Labute approximate surface area is 179 Å². The molecule has 3 atom stereocenters. The minimum atomic E-state index is 0.0341. The number of ether oxygens (including phenoxy) is 3. The van der Waals surface area contributed by atoms with E-state index in [2.05, 4.69) is 29.0 Å². The lowest BCUT2D eigenvalue weighted by molar-refractivity contribution is 0.0382. The fourth-order valence-electron chi connectivity index (χ4n) is 4.82. The first-order valence-electron chi connectivity index (χ1n) is 11.3. The number of nitrogens with zero attached hydrogens (tertiary/aromatic N) is 2. The highest BCUT2D eigenvalue weighted by Gasteiger charge is 2.34. The summed E-state index contributed by atoms with van der Waals surface area (Å²) in [4.78, 5) is 17.7. The van der Waals surface area contributed by atoms with Crippen LogP contribution in [0, 0.1) is 11.8 Å². The SMILES string of the molecule is C[C@H]1[C@H](C)CCC[C@H]1N(Cc1ccc2c(c1)OCO2)C(=O)NCCN1CCOCC1. The first-order chi connectivity index (χ1) is 14.6. The predicted octanol–water partition coefficient (Wildman–Crippen LogP) is 3.08. The fourth-order valence-corrected chi connectivity index (χ4v) is 4.82. The molecule has 1 saturated carbocycles. The minimum absolute atomic E-state index is 0.0341. The molecule has 0 aromatic heterocycles. The smallest absolute Gasteiger partial charge is 0.318 e. The van der Waals surface area contributed by atoms with Gasteiger partial charge in [0.1, 0.15) is 0 Å². The van der Waals surface area contributed by atoms with Crippen molar-refractivity contribution in [2.45, 2.75) is 45.7 Å². The molecule has 2 heterocycles. The van der Waals surface area contributed by atoms with E-state index in [-0.39, 0.29) is 18.9 Å². The zero-order valence-electron chi connectivity index (χ0n) is 18.3. The van der Waals surface area contributed by atoms with Crippen molar-refractivity contribution in [1.29, 1.82) is 0 Å². The molecule has 3 aliphatic rings. The number of amides is 2. The summed E-state index contributed by atoms with van der Waals surface area (Å²) in [6, 6.07) is 6.28. The number of urea groups is 1. The first kappa shape index (κ1) is 21.2. The molecular weight excluding hydrogens is 382 g/mol. The number of benzene rings is 1. The van der Waals surface area contributed by atoms with E-state index in [1.807, 2.05) is 18.2 Å². The predicted molar refractivity (Wildman–Crippen MR) is 115 cm³/mol. The molecule has 2 fully saturated rings. The van der Waals surface area contributed by atoms with Crippen molar-refractivity contribution in [3.63, 3.8) is 0 Å². The van der Waals surface area contributed by atoms with Gasteiger partial charge in [-0.05, 0) is 36.0 Å². The summed E-state index contributed by atoms with van der Waals surface area (Å²) in [5.41, 5.74) is 1.08. The number of morpholine rings is 1. The van der Waals surface area contributed by atoms with E-state index in [4.69, 9.17) is 14.2 Å². The van der Waals surface area contributed by atoms with Crippen molar-refractivity contribution in [2.24, 2.45) is 11.8 Å². The van der Waals surface area contributed by atoms with Crippen LogP contribution >= 0.6 is 0 Å². The van der Waals surface area contributed by atoms with Gasteiger partial charge in [-0.15, -0.1) is 0 Å². The lowest BCUT2D eigenvalue weighted by atomic mass is 9.77. The number of carbonyl (C=O) groups is 1. The van der Waals surface area contributed by atoms with Gasteiger partial charge in [-0.3, -0.25) is 4.90 Å². The Hall–Kier alpha value is -1.99. The standard InChI is InChI=1S/C23H35N3O4/c1-17-4-3-5-20(18(17)2)26(15-19-6-7-21-22(14-19)30-16-29-21)23(27)24-8-9-25-10-12-28-13-11-25/h6-7,14,17-18,20H,3-5,8-13,15-16H2,1-2H3,(H,24,27)/t17-,18+,20-/m1/s1. The maximum atomic E-state index is 13.3. The van der Waals surface area contributed by atoms with E-state index in [0.717, 1.165) is 56.3 Å². The summed E-state index contributed by atoms with van der Waals surface area (Å²) in [5.74, 6) is 2.66. The van der Waals surface area contributed by atoms with Crippen LogP contribution in [0.5, 0.6) is 11.5 Å². The molecule has 1 aromatic carbocycles. The van der Waals surface area contributed by atoms with E-state index in [9.17, 15) is 4.79 Å². The van der Waals surface area contributed by atoms with Gasteiger partial charge in [0, 0.05) is 38.8 Å². The van der Waals surface area contributed by atoms with E-state index in [1.54, 1.807) is 0 Å². The van der Waals surface area contributed by atoms with E-state index >= 15 is 0 Å². The molecule has 7 nitrogen and oxygen atoms in total. The molecule has 0 unspecified atom stereocenters. The van der Waals surface area contributed by atoms with Crippen LogP contribution in [0.25, 0.3) is 0 Å². The molecule has 7 heteroatoms. The highest BCUT2D eigenvalue weighted by molar-refractivity contribution is 5.74. The van der Waals surface area contributed by atoms with Gasteiger partial charge in [0.05, 0.1) is 13.2 Å². The zero-order chi connectivity index (χ0) is 20.9. The van der Waals surface area contributed by atoms with E-state index in [1.165, 1.54) is 12.8 Å². The van der Waals surface area contributed by atoms with Crippen LogP contribution in [0.3, 0.4) is 0 Å².